The van der Waals surface area contributed by atoms with Crippen molar-refractivity contribution in [3.8, 4) is 16.5 Å². The third kappa shape index (κ3) is 4.14. The van der Waals surface area contributed by atoms with E-state index in [0.717, 1.165) is 42.3 Å². The first-order chi connectivity index (χ1) is 14.0. The summed E-state index contributed by atoms with van der Waals surface area (Å²) in [5, 5.41) is 14.0. The van der Waals surface area contributed by atoms with E-state index in [2.05, 4.69) is 52.7 Å². The number of hydrogen-bond donors (Lipinski definition) is 1. The number of carbonyl (C=O) groups is 1. The number of amides is 1. The van der Waals surface area contributed by atoms with Crippen molar-refractivity contribution in [1.29, 1.82) is 5.26 Å². The van der Waals surface area contributed by atoms with Gasteiger partial charge in [0.15, 0.2) is 11.9 Å². The van der Waals surface area contributed by atoms with Gasteiger partial charge in [0, 0.05) is 54.4 Å². The molecule has 3 heterocycles. The maximum Gasteiger partial charge on any atom is 0.290 e. The summed E-state index contributed by atoms with van der Waals surface area (Å²) in [7, 11) is 2.15. The van der Waals surface area contributed by atoms with Crippen LogP contribution in [-0.4, -0.2) is 50.1 Å². The lowest BCUT2D eigenvalue weighted by Crippen LogP contribution is -2.44. The molecule has 6 nitrogen and oxygen atoms in total. The number of aryl methyl sites for hydroxylation is 1. The molecule has 0 radical (unpaired) electrons. The zero-order valence-electron chi connectivity index (χ0n) is 16.6. The average Bonchev–Trinajstić information content (AvgIpc) is 3.38. The quantitative estimate of drug-likeness (QED) is 0.837. The highest BCUT2D eigenvalue weighted by molar-refractivity contribution is 7.13. The molecule has 2 aliphatic heterocycles. The molecule has 0 bridgehead atoms. The summed E-state index contributed by atoms with van der Waals surface area (Å²) in [4.78, 5) is 18.5. The van der Waals surface area contributed by atoms with Crippen molar-refractivity contribution in [3.05, 3.63) is 47.0 Å². The molecule has 7 heteroatoms. The highest BCUT2D eigenvalue weighted by Crippen LogP contribution is 2.38. The molecule has 2 aliphatic rings. The van der Waals surface area contributed by atoms with E-state index >= 15 is 0 Å². The number of nitriles is 1. The van der Waals surface area contributed by atoms with Gasteiger partial charge >= 0.3 is 0 Å². The minimum Gasteiger partial charge on any atom is -0.470 e. The van der Waals surface area contributed by atoms with Gasteiger partial charge in [-0.05, 0) is 55.3 Å². The molecule has 1 N–H and O–H groups in total. The van der Waals surface area contributed by atoms with Crippen LogP contribution in [0.25, 0.3) is 10.4 Å². The van der Waals surface area contributed by atoms with Gasteiger partial charge in [0.1, 0.15) is 6.07 Å². The van der Waals surface area contributed by atoms with Gasteiger partial charge < -0.3 is 19.9 Å². The standard InChI is InChI=1S/C22H24N4O2S/c1-15-7-12-29-21(15)18-13-16(26-10-8-25(2)9-11-26)3-5-19(18)24-22(27)20-6-4-17(14-23)28-20/h3,5-7,12-13,17H,4,8-11H2,1-2H3,(H,24,27). The van der Waals surface area contributed by atoms with Crippen LogP contribution in [0.1, 0.15) is 12.0 Å². The molecule has 2 aromatic rings. The molecule has 1 saturated heterocycles. The first kappa shape index (κ1) is 19.5. The number of piperazine rings is 1. The van der Waals surface area contributed by atoms with E-state index in [4.69, 9.17) is 10.00 Å². The molecule has 1 amide bonds. The molecule has 1 unspecified atom stereocenters. The highest BCUT2D eigenvalue weighted by Gasteiger charge is 2.24. The normalized spacial score (nSPS) is 19.4. The van der Waals surface area contributed by atoms with Crippen molar-refractivity contribution in [3.63, 3.8) is 0 Å². The van der Waals surface area contributed by atoms with Crippen LogP contribution in [0.3, 0.4) is 0 Å². The Balaban J connectivity index is 1.62. The summed E-state index contributed by atoms with van der Waals surface area (Å²) < 4.78 is 5.41. The Bertz CT molecular complexity index is 983. The van der Waals surface area contributed by atoms with Crippen LogP contribution in [0.2, 0.25) is 0 Å². The summed E-state index contributed by atoms with van der Waals surface area (Å²) in [5.41, 5.74) is 4.11. The number of ether oxygens (including phenoxy) is 1. The molecule has 0 aliphatic carbocycles. The molecule has 29 heavy (non-hydrogen) atoms. The van der Waals surface area contributed by atoms with Crippen molar-refractivity contribution in [2.24, 2.45) is 0 Å². The Hall–Kier alpha value is -2.82. The Kier molecular flexibility index (Phi) is 5.56. The van der Waals surface area contributed by atoms with E-state index in [1.165, 1.54) is 11.3 Å². The minimum atomic E-state index is -0.575. The number of rotatable bonds is 4. The number of thiophene rings is 1. The molecule has 1 aromatic heterocycles. The van der Waals surface area contributed by atoms with Gasteiger partial charge in [0.25, 0.3) is 5.91 Å². The zero-order valence-corrected chi connectivity index (χ0v) is 17.5. The van der Waals surface area contributed by atoms with Crippen LogP contribution in [-0.2, 0) is 9.53 Å². The molecular weight excluding hydrogens is 384 g/mol. The van der Waals surface area contributed by atoms with Gasteiger partial charge in [-0.3, -0.25) is 4.79 Å². The van der Waals surface area contributed by atoms with Gasteiger partial charge in [-0.2, -0.15) is 5.26 Å². The summed E-state index contributed by atoms with van der Waals surface area (Å²) in [6.45, 7) is 6.14. The van der Waals surface area contributed by atoms with Crippen molar-refractivity contribution in [2.75, 3.05) is 43.4 Å². The molecule has 0 saturated carbocycles. The summed E-state index contributed by atoms with van der Waals surface area (Å²) >= 11 is 1.67. The van der Waals surface area contributed by atoms with E-state index in [9.17, 15) is 4.79 Å². The summed E-state index contributed by atoms with van der Waals surface area (Å²) in [6, 6.07) is 10.3. The fraction of sp³-hybridized carbons (Fsp3) is 0.364. The lowest BCUT2D eigenvalue weighted by atomic mass is 10.1. The number of nitrogens with zero attached hydrogens (tertiary/aromatic N) is 3. The van der Waals surface area contributed by atoms with Crippen molar-refractivity contribution in [1.82, 2.24) is 4.90 Å². The van der Waals surface area contributed by atoms with Gasteiger partial charge in [0.05, 0.1) is 0 Å². The minimum absolute atomic E-state index is 0.216. The maximum absolute atomic E-state index is 12.7. The van der Waals surface area contributed by atoms with Gasteiger partial charge in [0.2, 0.25) is 0 Å². The Morgan fingerprint density at radius 1 is 1.28 bits per heavy atom. The molecule has 1 fully saturated rings. The SMILES string of the molecule is Cc1ccsc1-c1cc(N2CCN(C)CC2)ccc1NC(=O)C1=CCC(C#N)O1. The van der Waals surface area contributed by atoms with Crippen molar-refractivity contribution in [2.45, 2.75) is 19.4 Å². The van der Waals surface area contributed by atoms with Crippen LogP contribution in [0.4, 0.5) is 11.4 Å². The Morgan fingerprint density at radius 2 is 2.07 bits per heavy atom. The third-order valence-corrected chi connectivity index (χ3v) is 6.43. The van der Waals surface area contributed by atoms with E-state index in [0.29, 0.717) is 6.42 Å². The summed E-state index contributed by atoms with van der Waals surface area (Å²) in [6.07, 6.45) is 1.55. The largest absolute Gasteiger partial charge is 0.470 e. The van der Waals surface area contributed by atoms with Crippen LogP contribution in [0.15, 0.2) is 41.5 Å². The number of carbonyl (C=O) groups excluding carboxylic acids is 1. The van der Waals surface area contributed by atoms with Crippen LogP contribution in [0, 0.1) is 18.3 Å². The molecule has 150 valence electrons. The van der Waals surface area contributed by atoms with Gasteiger partial charge in [-0.15, -0.1) is 11.3 Å². The highest BCUT2D eigenvalue weighted by atomic mass is 32.1. The van der Waals surface area contributed by atoms with Crippen LogP contribution >= 0.6 is 11.3 Å². The Labute approximate surface area is 175 Å². The number of benzene rings is 1. The number of nitrogens with one attached hydrogen (secondary N) is 1. The zero-order chi connectivity index (χ0) is 20.4. The van der Waals surface area contributed by atoms with Gasteiger partial charge in [-0.1, -0.05) is 0 Å². The number of hydrogen-bond acceptors (Lipinski definition) is 6. The second kappa shape index (κ2) is 8.27. The molecule has 0 spiro atoms. The molecule has 1 aromatic carbocycles. The third-order valence-electron chi connectivity index (χ3n) is 5.38. The predicted octanol–water partition coefficient (Wildman–Crippen LogP) is 3.61. The van der Waals surface area contributed by atoms with E-state index < -0.39 is 6.10 Å². The van der Waals surface area contributed by atoms with Crippen molar-refractivity contribution >= 4 is 28.6 Å². The molecule has 4 rings (SSSR count). The Morgan fingerprint density at radius 3 is 2.72 bits per heavy atom. The molecule has 1 atom stereocenters. The predicted molar refractivity (Wildman–Crippen MR) is 116 cm³/mol. The van der Waals surface area contributed by atoms with E-state index in [1.807, 2.05) is 12.1 Å². The van der Waals surface area contributed by atoms with E-state index in [-0.39, 0.29) is 11.7 Å². The smallest absolute Gasteiger partial charge is 0.290 e. The monoisotopic (exact) mass is 408 g/mol. The van der Waals surface area contributed by atoms with Crippen LogP contribution in [0.5, 0.6) is 0 Å². The maximum atomic E-state index is 12.7. The average molecular weight is 409 g/mol. The lowest BCUT2D eigenvalue weighted by molar-refractivity contribution is -0.116. The van der Waals surface area contributed by atoms with Crippen LogP contribution < -0.4 is 10.2 Å². The topological polar surface area (TPSA) is 68.6 Å². The second-order valence-corrected chi connectivity index (χ2v) is 8.36. The first-order valence-electron chi connectivity index (χ1n) is 9.75. The van der Waals surface area contributed by atoms with Crippen molar-refractivity contribution < 1.29 is 9.53 Å². The molecular formula is C22H24N4O2S. The number of likely N-dealkylation sites (N-methyl/N-ethyl adjacent to an activating group) is 1. The lowest BCUT2D eigenvalue weighted by Gasteiger charge is -2.34. The second-order valence-electron chi connectivity index (χ2n) is 7.45. The first-order valence-corrected chi connectivity index (χ1v) is 10.6. The van der Waals surface area contributed by atoms with Gasteiger partial charge in [-0.25, -0.2) is 0 Å². The number of anilines is 2. The summed E-state index contributed by atoms with van der Waals surface area (Å²) in [5.74, 6) is -0.0981. The fourth-order valence-electron chi connectivity index (χ4n) is 3.61. The van der Waals surface area contributed by atoms with E-state index in [1.54, 1.807) is 17.4 Å². The fourth-order valence-corrected chi connectivity index (χ4v) is 4.57.